The lowest BCUT2D eigenvalue weighted by molar-refractivity contribution is 0.100. The Bertz CT molecular complexity index is 251. The minimum atomic E-state index is 0.258. The van der Waals surface area contributed by atoms with Gasteiger partial charge in [0.25, 0.3) is 0 Å². The summed E-state index contributed by atoms with van der Waals surface area (Å²) in [5.41, 5.74) is 0. The third-order valence-corrected chi connectivity index (χ3v) is 3.93. The monoisotopic (exact) mass is 239 g/mol. The van der Waals surface area contributed by atoms with Crippen LogP contribution in [0.1, 0.15) is 39.5 Å². The van der Waals surface area contributed by atoms with Crippen molar-refractivity contribution < 1.29 is 4.79 Å². The van der Waals surface area contributed by atoms with E-state index in [9.17, 15) is 4.79 Å². The fourth-order valence-electron chi connectivity index (χ4n) is 2.93. The second-order valence-electron chi connectivity index (χ2n) is 5.45. The molecule has 1 N–H and O–H groups in total. The fraction of sp³-hybridized carbons (Fsp3) is 0.923. The van der Waals surface area contributed by atoms with Gasteiger partial charge in [-0.25, -0.2) is 4.79 Å². The van der Waals surface area contributed by atoms with Gasteiger partial charge in [-0.1, -0.05) is 12.8 Å². The first kappa shape index (κ1) is 12.7. The highest BCUT2D eigenvalue weighted by Crippen LogP contribution is 2.16. The smallest absolute Gasteiger partial charge is 0.320 e. The van der Waals surface area contributed by atoms with E-state index >= 15 is 0 Å². The molecule has 98 valence electrons. The largest absolute Gasteiger partial charge is 0.325 e. The first-order valence-corrected chi connectivity index (χ1v) is 6.98. The molecule has 2 atom stereocenters. The Labute approximate surface area is 104 Å². The van der Waals surface area contributed by atoms with E-state index in [0.29, 0.717) is 12.1 Å². The number of hydrogen-bond acceptors (Lipinski definition) is 2. The molecule has 2 aliphatic heterocycles. The number of nitrogens with zero attached hydrogens (tertiary/aromatic N) is 2. The second kappa shape index (κ2) is 5.71. The molecule has 4 heteroatoms. The normalized spacial score (nSPS) is 31.2. The van der Waals surface area contributed by atoms with Crippen LogP contribution >= 0.6 is 0 Å². The summed E-state index contributed by atoms with van der Waals surface area (Å²) in [5, 5.41) is 3.37. The van der Waals surface area contributed by atoms with E-state index in [1.165, 1.54) is 25.7 Å². The van der Waals surface area contributed by atoms with Gasteiger partial charge < -0.3 is 15.1 Å². The predicted molar refractivity (Wildman–Crippen MR) is 69.1 cm³/mol. The van der Waals surface area contributed by atoms with E-state index in [1.54, 1.807) is 0 Å². The molecule has 0 spiro atoms. The number of hydrogen-bond donors (Lipinski definition) is 1. The van der Waals surface area contributed by atoms with Gasteiger partial charge in [0.2, 0.25) is 0 Å². The summed E-state index contributed by atoms with van der Waals surface area (Å²) < 4.78 is 0. The maximum Gasteiger partial charge on any atom is 0.320 e. The van der Waals surface area contributed by atoms with Crippen LogP contribution in [0.3, 0.4) is 0 Å². The number of carbonyl (C=O) groups excluding carboxylic acids is 1. The maximum absolute atomic E-state index is 12.6. The Hall–Kier alpha value is -0.770. The Morgan fingerprint density at radius 2 is 1.53 bits per heavy atom. The SMILES string of the molecule is CC1CNCC(C)N1C(=O)N1CCCCCC1. The number of piperazine rings is 1. The molecule has 2 rings (SSSR count). The highest BCUT2D eigenvalue weighted by molar-refractivity contribution is 5.75. The topological polar surface area (TPSA) is 35.6 Å². The summed E-state index contributed by atoms with van der Waals surface area (Å²) in [6, 6.07) is 0.886. The molecule has 17 heavy (non-hydrogen) atoms. The summed E-state index contributed by atoms with van der Waals surface area (Å²) in [6.07, 6.45) is 4.88. The van der Waals surface area contributed by atoms with Crippen LogP contribution in [0.5, 0.6) is 0 Å². The van der Waals surface area contributed by atoms with Crippen LogP contribution in [0.25, 0.3) is 0 Å². The van der Waals surface area contributed by atoms with Crippen molar-refractivity contribution in [2.45, 2.75) is 51.6 Å². The molecular weight excluding hydrogens is 214 g/mol. The number of nitrogens with one attached hydrogen (secondary N) is 1. The molecule has 2 unspecified atom stereocenters. The first-order valence-electron chi connectivity index (χ1n) is 6.98. The van der Waals surface area contributed by atoms with E-state index in [1.807, 2.05) is 0 Å². The van der Waals surface area contributed by atoms with Crippen LogP contribution < -0.4 is 5.32 Å². The summed E-state index contributed by atoms with van der Waals surface area (Å²) >= 11 is 0. The molecule has 2 amide bonds. The lowest BCUT2D eigenvalue weighted by Gasteiger charge is -2.42. The Morgan fingerprint density at radius 1 is 1.00 bits per heavy atom. The molecular formula is C13H25N3O. The van der Waals surface area contributed by atoms with E-state index < -0.39 is 0 Å². The van der Waals surface area contributed by atoms with E-state index in [-0.39, 0.29) is 6.03 Å². The molecule has 0 bridgehead atoms. The minimum Gasteiger partial charge on any atom is -0.325 e. The zero-order valence-electron chi connectivity index (χ0n) is 11.1. The van der Waals surface area contributed by atoms with Gasteiger partial charge >= 0.3 is 6.03 Å². The highest BCUT2D eigenvalue weighted by atomic mass is 16.2. The molecule has 4 nitrogen and oxygen atoms in total. The van der Waals surface area contributed by atoms with Gasteiger partial charge in [0, 0.05) is 38.3 Å². The quantitative estimate of drug-likeness (QED) is 0.698. The molecule has 2 fully saturated rings. The average Bonchev–Trinajstić information content (AvgIpc) is 2.57. The van der Waals surface area contributed by atoms with Crippen LogP contribution in [0.2, 0.25) is 0 Å². The lowest BCUT2D eigenvalue weighted by atomic mass is 10.1. The molecule has 0 saturated carbocycles. The lowest BCUT2D eigenvalue weighted by Crippen LogP contribution is -2.60. The van der Waals surface area contributed by atoms with Crippen molar-refractivity contribution in [2.75, 3.05) is 26.2 Å². The zero-order valence-corrected chi connectivity index (χ0v) is 11.1. The van der Waals surface area contributed by atoms with E-state index in [4.69, 9.17) is 0 Å². The Balaban J connectivity index is 2.01. The van der Waals surface area contributed by atoms with Gasteiger partial charge in [-0.15, -0.1) is 0 Å². The number of likely N-dealkylation sites (tertiary alicyclic amines) is 1. The fourth-order valence-corrected chi connectivity index (χ4v) is 2.93. The summed E-state index contributed by atoms with van der Waals surface area (Å²) in [5.74, 6) is 0. The number of urea groups is 1. The first-order chi connectivity index (χ1) is 8.20. The molecule has 0 aliphatic carbocycles. The molecule has 0 aromatic heterocycles. The van der Waals surface area contributed by atoms with Crippen molar-refractivity contribution in [1.29, 1.82) is 0 Å². The van der Waals surface area contributed by atoms with E-state index in [2.05, 4.69) is 29.0 Å². The van der Waals surface area contributed by atoms with Crippen LogP contribution in [0.15, 0.2) is 0 Å². The maximum atomic E-state index is 12.6. The third kappa shape index (κ3) is 2.92. The van der Waals surface area contributed by atoms with Crippen molar-refractivity contribution in [1.82, 2.24) is 15.1 Å². The number of carbonyl (C=O) groups is 1. The van der Waals surface area contributed by atoms with Crippen molar-refractivity contribution in [3.63, 3.8) is 0 Å². The predicted octanol–water partition coefficient (Wildman–Crippen LogP) is 1.66. The van der Waals surface area contributed by atoms with Gasteiger partial charge in [0.05, 0.1) is 0 Å². The van der Waals surface area contributed by atoms with Crippen molar-refractivity contribution >= 4 is 6.03 Å². The second-order valence-corrected chi connectivity index (χ2v) is 5.45. The molecule has 0 aromatic carbocycles. The molecule has 2 aliphatic rings. The standard InChI is InChI=1S/C13H25N3O/c1-11-9-14-10-12(2)16(11)13(17)15-7-5-3-4-6-8-15/h11-12,14H,3-10H2,1-2H3. The van der Waals surface area contributed by atoms with Crippen LogP contribution in [-0.2, 0) is 0 Å². The molecule has 0 aromatic rings. The summed E-state index contributed by atoms with van der Waals surface area (Å²) in [6.45, 7) is 8.01. The van der Waals surface area contributed by atoms with Gasteiger partial charge in [-0.2, -0.15) is 0 Å². The van der Waals surface area contributed by atoms with Gasteiger partial charge in [-0.3, -0.25) is 0 Å². The van der Waals surface area contributed by atoms with Gasteiger partial charge in [0.15, 0.2) is 0 Å². The van der Waals surface area contributed by atoms with Crippen molar-refractivity contribution in [2.24, 2.45) is 0 Å². The molecule has 0 radical (unpaired) electrons. The summed E-state index contributed by atoms with van der Waals surface area (Å²) in [7, 11) is 0. The third-order valence-electron chi connectivity index (χ3n) is 3.93. The molecule has 2 heterocycles. The van der Waals surface area contributed by atoms with Gasteiger partial charge in [-0.05, 0) is 26.7 Å². The Kier molecular flexibility index (Phi) is 4.26. The van der Waals surface area contributed by atoms with Crippen LogP contribution in [0, 0.1) is 0 Å². The van der Waals surface area contributed by atoms with E-state index in [0.717, 1.165) is 26.2 Å². The number of amides is 2. The molecule has 2 saturated heterocycles. The van der Waals surface area contributed by atoms with Gasteiger partial charge in [0.1, 0.15) is 0 Å². The summed E-state index contributed by atoms with van der Waals surface area (Å²) in [4.78, 5) is 16.7. The number of rotatable bonds is 0. The zero-order chi connectivity index (χ0) is 12.3. The van der Waals surface area contributed by atoms with Crippen molar-refractivity contribution in [3.05, 3.63) is 0 Å². The highest BCUT2D eigenvalue weighted by Gasteiger charge is 2.31. The average molecular weight is 239 g/mol. The van der Waals surface area contributed by atoms with Crippen LogP contribution in [-0.4, -0.2) is 54.1 Å². The minimum absolute atomic E-state index is 0.258. The van der Waals surface area contributed by atoms with Crippen molar-refractivity contribution in [3.8, 4) is 0 Å². The van der Waals surface area contributed by atoms with Crippen LogP contribution in [0.4, 0.5) is 4.79 Å². The Morgan fingerprint density at radius 3 is 2.06 bits per heavy atom.